The van der Waals surface area contributed by atoms with Crippen LogP contribution in [0.3, 0.4) is 0 Å². The molecule has 0 amide bonds. The van der Waals surface area contributed by atoms with Gasteiger partial charge in [-0.1, -0.05) is 6.07 Å². The number of nitriles is 1. The van der Waals surface area contributed by atoms with Crippen molar-refractivity contribution in [3.8, 4) is 11.8 Å². The number of benzene rings is 1. The molecule has 0 N–H and O–H groups in total. The maximum atomic E-state index is 12.9. The molecule has 6 heteroatoms. The summed E-state index contributed by atoms with van der Waals surface area (Å²) in [6, 6.07) is 8.45. The zero-order chi connectivity index (χ0) is 16.3. The molecular formula is C16H13F3N2O. The summed E-state index contributed by atoms with van der Waals surface area (Å²) in [7, 11) is 0. The molecule has 1 atom stereocenters. The molecule has 0 saturated heterocycles. The summed E-state index contributed by atoms with van der Waals surface area (Å²) >= 11 is 0. The van der Waals surface area contributed by atoms with Crippen LogP contribution < -0.4 is 4.74 Å². The topological polar surface area (TPSA) is 45.9 Å². The van der Waals surface area contributed by atoms with E-state index in [1.165, 1.54) is 12.1 Å². The Morgan fingerprint density at radius 2 is 1.95 bits per heavy atom. The van der Waals surface area contributed by atoms with E-state index < -0.39 is 23.4 Å². The van der Waals surface area contributed by atoms with Crippen molar-refractivity contribution in [3.05, 3.63) is 58.9 Å². The van der Waals surface area contributed by atoms with Gasteiger partial charge in [-0.05, 0) is 38.1 Å². The number of hydrogen-bond donors (Lipinski definition) is 0. The van der Waals surface area contributed by atoms with Crippen molar-refractivity contribution < 1.29 is 17.9 Å². The van der Waals surface area contributed by atoms with E-state index in [1.54, 1.807) is 25.3 Å². The molecular weight excluding hydrogens is 293 g/mol. The van der Waals surface area contributed by atoms with Crippen LogP contribution in [0.25, 0.3) is 0 Å². The third-order valence-corrected chi connectivity index (χ3v) is 3.13. The predicted molar refractivity (Wildman–Crippen MR) is 74.2 cm³/mol. The number of alkyl halides is 3. The van der Waals surface area contributed by atoms with Crippen LogP contribution in [0.1, 0.15) is 35.4 Å². The van der Waals surface area contributed by atoms with Crippen LogP contribution >= 0.6 is 0 Å². The molecule has 22 heavy (non-hydrogen) atoms. The molecule has 114 valence electrons. The molecule has 2 rings (SSSR count). The summed E-state index contributed by atoms with van der Waals surface area (Å²) in [6.07, 6.45) is -3.44. The third kappa shape index (κ3) is 3.55. The number of aryl methyl sites for hydroxylation is 1. The van der Waals surface area contributed by atoms with Gasteiger partial charge in [-0.3, -0.25) is 4.98 Å². The van der Waals surface area contributed by atoms with E-state index in [4.69, 9.17) is 10.00 Å². The maximum Gasteiger partial charge on any atom is 0.417 e. The average molecular weight is 306 g/mol. The third-order valence-electron chi connectivity index (χ3n) is 3.13. The van der Waals surface area contributed by atoms with Crippen molar-refractivity contribution in [3.63, 3.8) is 0 Å². The van der Waals surface area contributed by atoms with Gasteiger partial charge >= 0.3 is 6.18 Å². The fourth-order valence-corrected chi connectivity index (χ4v) is 1.92. The minimum Gasteiger partial charge on any atom is -0.486 e. The van der Waals surface area contributed by atoms with E-state index in [2.05, 4.69) is 4.98 Å². The van der Waals surface area contributed by atoms with Crippen LogP contribution in [0, 0.1) is 18.3 Å². The van der Waals surface area contributed by atoms with Gasteiger partial charge < -0.3 is 4.74 Å². The molecule has 0 spiro atoms. The molecule has 1 heterocycles. The van der Waals surface area contributed by atoms with Gasteiger partial charge in [-0.25, -0.2) is 0 Å². The molecule has 1 aromatic carbocycles. The van der Waals surface area contributed by atoms with Gasteiger partial charge in [0, 0.05) is 17.5 Å². The van der Waals surface area contributed by atoms with E-state index in [-0.39, 0.29) is 5.75 Å². The minimum atomic E-state index is -4.60. The van der Waals surface area contributed by atoms with Crippen LogP contribution in [0.2, 0.25) is 0 Å². The molecule has 0 fully saturated rings. The molecule has 0 aliphatic rings. The van der Waals surface area contributed by atoms with Gasteiger partial charge in [0.25, 0.3) is 0 Å². The van der Waals surface area contributed by atoms with Gasteiger partial charge in [0.2, 0.25) is 0 Å². The number of halogens is 3. The molecule has 3 nitrogen and oxygen atoms in total. The van der Waals surface area contributed by atoms with E-state index in [1.807, 2.05) is 6.92 Å². The van der Waals surface area contributed by atoms with E-state index in [0.29, 0.717) is 0 Å². The highest BCUT2D eigenvalue weighted by molar-refractivity contribution is 5.44. The number of rotatable bonds is 3. The highest BCUT2D eigenvalue weighted by Crippen LogP contribution is 2.35. The van der Waals surface area contributed by atoms with Crippen molar-refractivity contribution in [1.82, 2.24) is 4.98 Å². The van der Waals surface area contributed by atoms with Gasteiger partial charge in [0.1, 0.15) is 11.9 Å². The van der Waals surface area contributed by atoms with Gasteiger partial charge in [-0.2, -0.15) is 18.4 Å². The first-order valence-electron chi connectivity index (χ1n) is 6.52. The Kier molecular flexibility index (Phi) is 4.36. The first-order chi connectivity index (χ1) is 10.3. The van der Waals surface area contributed by atoms with Crippen LogP contribution in [0.15, 0.2) is 36.5 Å². The fraction of sp³-hybridized carbons (Fsp3) is 0.250. The Balaban J connectivity index is 2.27. The quantitative estimate of drug-likeness (QED) is 0.843. The van der Waals surface area contributed by atoms with Gasteiger partial charge in [0.05, 0.1) is 17.2 Å². The molecule has 0 bridgehead atoms. The highest BCUT2D eigenvalue weighted by atomic mass is 19.4. The van der Waals surface area contributed by atoms with Crippen LogP contribution in [-0.2, 0) is 6.18 Å². The normalized spacial score (nSPS) is 12.5. The molecule has 0 radical (unpaired) electrons. The Hall–Kier alpha value is -2.55. The number of ether oxygens (including phenoxy) is 1. The first-order valence-corrected chi connectivity index (χ1v) is 6.52. The van der Waals surface area contributed by atoms with Crippen molar-refractivity contribution >= 4 is 0 Å². The standard InChI is InChI=1S/C16H13F3N2O/c1-10-3-4-13(9-21-10)11(2)22-14-6-5-12(8-20)15(7-14)16(17,18)19/h3-7,9,11H,1-2H3. The van der Waals surface area contributed by atoms with Gasteiger partial charge in [-0.15, -0.1) is 0 Å². The lowest BCUT2D eigenvalue weighted by Crippen LogP contribution is -2.09. The van der Waals surface area contributed by atoms with Crippen LogP contribution in [0.4, 0.5) is 13.2 Å². The molecule has 0 aliphatic heterocycles. The summed E-state index contributed by atoms with van der Waals surface area (Å²) in [5.41, 5.74) is 0.170. The van der Waals surface area contributed by atoms with E-state index >= 15 is 0 Å². The molecule has 2 aromatic rings. The number of hydrogen-bond acceptors (Lipinski definition) is 3. The summed E-state index contributed by atoms with van der Waals surface area (Å²) in [4.78, 5) is 4.12. The van der Waals surface area contributed by atoms with Crippen LogP contribution in [-0.4, -0.2) is 4.98 Å². The van der Waals surface area contributed by atoms with E-state index in [0.717, 1.165) is 23.4 Å². The second kappa shape index (κ2) is 6.06. The van der Waals surface area contributed by atoms with Crippen molar-refractivity contribution in [1.29, 1.82) is 5.26 Å². The number of pyridine rings is 1. The Morgan fingerprint density at radius 3 is 2.50 bits per heavy atom. The van der Waals surface area contributed by atoms with Crippen molar-refractivity contribution in [2.45, 2.75) is 26.1 Å². The first kappa shape index (κ1) is 15.8. The Labute approximate surface area is 126 Å². The number of nitrogens with zero attached hydrogens (tertiary/aromatic N) is 2. The molecule has 1 aromatic heterocycles. The smallest absolute Gasteiger partial charge is 0.417 e. The summed E-state index contributed by atoms with van der Waals surface area (Å²) in [6.45, 7) is 3.56. The Bertz CT molecular complexity index is 703. The summed E-state index contributed by atoms with van der Waals surface area (Å²) in [5, 5.41) is 8.76. The Morgan fingerprint density at radius 1 is 1.23 bits per heavy atom. The summed E-state index contributed by atoms with van der Waals surface area (Å²) < 4.78 is 44.2. The average Bonchev–Trinajstić information content (AvgIpc) is 2.47. The molecule has 0 saturated carbocycles. The predicted octanol–water partition coefficient (Wildman–Crippen LogP) is 4.42. The lowest BCUT2D eigenvalue weighted by molar-refractivity contribution is -0.137. The largest absolute Gasteiger partial charge is 0.486 e. The van der Waals surface area contributed by atoms with Gasteiger partial charge in [0.15, 0.2) is 0 Å². The van der Waals surface area contributed by atoms with E-state index in [9.17, 15) is 13.2 Å². The summed E-state index contributed by atoms with van der Waals surface area (Å²) in [5.74, 6) is 0.0550. The zero-order valence-corrected chi connectivity index (χ0v) is 12.0. The van der Waals surface area contributed by atoms with Crippen molar-refractivity contribution in [2.24, 2.45) is 0 Å². The fourth-order valence-electron chi connectivity index (χ4n) is 1.92. The lowest BCUT2D eigenvalue weighted by atomic mass is 10.1. The highest BCUT2D eigenvalue weighted by Gasteiger charge is 2.34. The molecule has 1 unspecified atom stereocenters. The maximum absolute atomic E-state index is 12.9. The zero-order valence-electron chi connectivity index (χ0n) is 12.0. The SMILES string of the molecule is Cc1ccc(C(C)Oc2ccc(C#N)c(C(F)(F)F)c2)cn1. The second-order valence-electron chi connectivity index (χ2n) is 4.81. The molecule has 0 aliphatic carbocycles. The second-order valence-corrected chi connectivity index (χ2v) is 4.81. The van der Waals surface area contributed by atoms with Crippen LogP contribution in [0.5, 0.6) is 5.75 Å². The lowest BCUT2D eigenvalue weighted by Gasteiger charge is -2.17. The number of aromatic nitrogens is 1. The van der Waals surface area contributed by atoms with Crippen molar-refractivity contribution in [2.75, 3.05) is 0 Å². The monoisotopic (exact) mass is 306 g/mol. The minimum absolute atomic E-state index is 0.0550.